The lowest BCUT2D eigenvalue weighted by Gasteiger charge is -2.05. The largest absolute Gasteiger partial charge is 0.439 e. The molecule has 0 unspecified atom stereocenters. The molecular weight excluding hydrogens is 182 g/mol. The molecule has 0 N–H and O–H groups in total. The van der Waals surface area contributed by atoms with Gasteiger partial charge in [-0.05, 0) is 13.8 Å². The average Bonchev–Trinajstić information content (AvgIpc) is 2.46. The predicted molar refractivity (Wildman–Crippen MR) is 51.2 cm³/mol. The fourth-order valence-corrected chi connectivity index (χ4v) is 1.33. The van der Waals surface area contributed by atoms with E-state index in [1.54, 1.807) is 6.92 Å². The molecule has 0 saturated heterocycles. The summed E-state index contributed by atoms with van der Waals surface area (Å²) in [6.45, 7) is 5.50. The van der Waals surface area contributed by atoms with Gasteiger partial charge in [0.05, 0.1) is 12.2 Å². The Hall–Kier alpha value is -1.65. The van der Waals surface area contributed by atoms with Gasteiger partial charge in [-0.2, -0.15) is 5.10 Å². The highest BCUT2D eigenvalue weighted by Crippen LogP contribution is 2.10. The van der Waals surface area contributed by atoms with Gasteiger partial charge in [0, 0.05) is 6.92 Å². The van der Waals surface area contributed by atoms with Crippen molar-refractivity contribution in [1.82, 2.24) is 14.8 Å². The Morgan fingerprint density at radius 3 is 2.86 bits per heavy atom. The highest BCUT2D eigenvalue weighted by atomic mass is 16.3. The molecule has 0 fully saturated rings. The summed E-state index contributed by atoms with van der Waals surface area (Å²) in [5, 5.41) is 3.99. The van der Waals surface area contributed by atoms with Crippen LogP contribution >= 0.6 is 0 Å². The van der Waals surface area contributed by atoms with Gasteiger partial charge in [0.2, 0.25) is 0 Å². The van der Waals surface area contributed by atoms with Crippen LogP contribution in [0.15, 0.2) is 15.4 Å². The van der Waals surface area contributed by atoms with Crippen LogP contribution in [0.2, 0.25) is 0 Å². The van der Waals surface area contributed by atoms with Crippen molar-refractivity contribution < 1.29 is 4.42 Å². The molecule has 5 nitrogen and oxygen atoms in total. The number of nitrogens with zero attached hydrogens (tertiary/aromatic N) is 3. The maximum absolute atomic E-state index is 11.8. The molecule has 0 aliphatic rings. The minimum atomic E-state index is -0.200. The van der Waals surface area contributed by atoms with E-state index in [0.29, 0.717) is 17.0 Å². The van der Waals surface area contributed by atoms with Gasteiger partial charge >= 0.3 is 0 Å². The molecule has 0 amide bonds. The lowest BCUT2D eigenvalue weighted by Crippen LogP contribution is -2.24. The molecule has 0 aliphatic carbocycles. The van der Waals surface area contributed by atoms with Crippen LogP contribution < -0.4 is 5.56 Å². The molecule has 0 radical (unpaired) electrons. The van der Waals surface area contributed by atoms with E-state index < -0.39 is 0 Å². The van der Waals surface area contributed by atoms with Crippen molar-refractivity contribution in [1.29, 1.82) is 0 Å². The van der Waals surface area contributed by atoms with Crippen LogP contribution in [-0.2, 0) is 0 Å². The van der Waals surface area contributed by atoms with Crippen LogP contribution in [0.25, 0.3) is 11.1 Å². The van der Waals surface area contributed by atoms with Gasteiger partial charge in [-0.15, -0.1) is 0 Å². The summed E-state index contributed by atoms with van der Waals surface area (Å²) in [7, 11) is 0. The van der Waals surface area contributed by atoms with Gasteiger partial charge in [0.15, 0.2) is 17.0 Å². The Kier molecular flexibility index (Phi) is 1.87. The third kappa shape index (κ3) is 1.21. The van der Waals surface area contributed by atoms with Crippen LogP contribution in [0.4, 0.5) is 0 Å². The molecule has 2 heterocycles. The predicted octanol–water partition coefficient (Wildman–Crippen LogP) is 1.27. The molecule has 0 bridgehead atoms. The zero-order valence-corrected chi connectivity index (χ0v) is 8.31. The zero-order valence-electron chi connectivity index (χ0n) is 8.31. The molecule has 0 atom stereocenters. The molecule has 2 rings (SSSR count). The van der Waals surface area contributed by atoms with Gasteiger partial charge in [0.1, 0.15) is 0 Å². The number of aromatic nitrogens is 3. The molecule has 2 aromatic rings. The van der Waals surface area contributed by atoms with Crippen LogP contribution in [0.3, 0.4) is 0 Å². The highest BCUT2D eigenvalue weighted by Gasteiger charge is 2.11. The molecule has 0 spiro atoms. The Labute approximate surface area is 80.4 Å². The van der Waals surface area contributed by atoms with Gasteiger partial charge < -0.3 is 4.42 Å². The highest BCUT2D eigenvalue weighted by molar-refractivity contribution is 5.69. The third-order valence-corrected chi connectivity index (χ3v) is 1.96. The molecule has 0 aliphatic heterocycles. The molecule has 0 aromatic carbocycles. The molecule has 2 aromatic heterocycles. The number of fused-ring (bicyclic) bond motifs is 1. The van der Waals surface area contributed by atoms with Crippen molar-refractivity contribution in [2.75, 3.05) is 0 Å². The van der Waals surface area contributed by atoms with Gasteiger partial charge in [-0.25, -0.2) is 9.67 Å². The first-order valence-electron chi connectivity index (χ1n) is 4.44. The van der Waals surface area contributed by atoms with Gasteiger partial charge in [0.25, 0.3) is 5.56 Å². The fraction of sp³-hybridized carbons (Fsp3) is 0.444. The SMILES string of the molecule is Cc1nc2c(=O)n(C(C)C)ncc2o1. The van der Waals surface area contributed by atoms with E-state index in [2.05, 4.69) is 10.1 Å². The normalized spacial score (nSPS) is 11.4. The van der Waals surface area contributed by atoms with E-state index in [0.717, 1.165) is 0 Å². The minimum Gasteiger partial charge on any atom is -0.439 e. The molecular formula is C9H11N3O2. The monoisotopic (exact) mass is 193 g/mol. The molecule has 74 valence electrons. The quantitative estimate of drug-likeness (QED) is 0.684. The molecule has 5 heteroatoms. The summed E-state index contributed by atoms with van der Waals surface area (Å²) in [6.07, 6.45) is 1.52. The Morgan fingerprint density at radius 2 is 2.21 bits per heavy atom. The van der Waals surface area contributed by atoms with Crippen molar-refractivity contribution in [2.24, 2.45) is 0 Å². The van der Waals surface area contributed by atoms with E-state index in [1.807, 2.05) is 13.8 Å². The fourth-order valence-electron chi connectivity index (χ4n) is 1.33. The van der Waals surface area contributed by atoms with E-state index in [4.69, 9.17) is 4.42 Å². The first-order chi connectivity index (χ1) is 6.59. The second-order valence-corrected chi connectivity index (χ2v) is 3.43. The lowest BCUT2D eigenvalue weighted by atomic mass is 10.4. The molecule has 14 heavy (non-hydrogen) atoms. The summed E-state index contributed by atoms with van der Waals surface area (Å²) in [5.74, 6) is 0.486. The smallest absolute Gasteiger partial charge is 0.296 e. The first kappa shape index (κ1) is 8.93. The number of hydrogen-bond acceptors (Lipinski definition) is 4. The maximum atomic E-state index is 11.8. The number of hydrogen-bond donors (Lipinski definition) is 0. The van der Waals surface area contributed by atoms with E-state index in [9.17, 15) is 4.79 Å². The summed E-state index contributed by atoms with van der Waals surface area (Å²) in [4.78, 5) is 15.8. The van der Waals surface area contributed by atoms with Crippen molar-refractivity contribution in [2.45, 2.75) is 26.8 Å². The first-order valence-corrected chi connectivity index (χ1v) is 4.44. The Balaban J connectivity index is 2.81. The lowest BCUT2D eigenvalue weighted by molar-refractivity contribution is 0.502. The van der Waals surface area contributed by atoms with E-state index >= 15 is 0 Å². The topological polar surface area (TPSA) is 60.9 Å². The van der Waals surface area contributed by atoms with Crippen molar-refractivity contribution in [3.8, 4) is 0 Å². The van der Waals surface area contributed by atoms with E-state index in [1.165, 1.54) is 10.9 Å². The summed E-state index contributed by atoms with van der Waals surface area (Å²) >= 11 is 0. The van der Waals surface area contributed by atoms with Crippen LogP contribution in [-0.4, -0.2) is 14.8 Å². The maximum Gasteiger partial charge on any atom is 0.296 e. The number of rotatable bonds is 1. The van der Waals surface area contributed by atoms with Crippen LogP contribution in [0.1, 0.15) is 25.8 Å². The summed E-state index contributed by atoms with van der Waals surface area (Å²) < 4.78 is 6.59. The average molecular weight is 193 g/mol. The number of aryl methyl sites for hydroxylation is 1. The Bertz CT molecular complexity index is 524. The molecule has 0 saturated carbocycles. The second-order valence-electron chi connectivity index (χ2n) is 3.43. The standard InChI is InChI=1S/C9H11N3O2/c1-5(2)12-9(13)8-7(4-10-12)14-6(3)11-8/h4-5H,1-3H3. The summed E-state index contributed by atoms with van der Waals surface area (Å²) in [6, 6.07) is 0.0314. The summed E-state index contributed by atoms with van der Waals surface area (Å²) in [5.41, 5.74) is 0.602. The number of oxazole rings is 1. The second kappa shape index (κ2) is 2.94. The van der Waals surface area contributed by atoms with Crippen molar-refractivity contribution in [3.05, 3.63) is 22.4 Å². The van der Waals surface area contributed by atoms with Gasteiger partial charge in [-0.1, -0.05) is 0 Å². The van der Waals surface area contributed by atoms with Crippen molar-refractivity contribution in [3.63, 3.8) is 0 Å². The Morgan fingerprint density at radius 1 is 1.50 bits per heavy atom. The van der Waals surface area contributed by atoms with Crippen molar-refractivity contribution >= 4 is 11.1 Å². The third-order valence-electron chi connectivity index (χ3n) is 1.96. The zero-order chi connectivity index (χ0) is 10.3. The van der Waals surface area contributed by atoms with Crippen LogP contribution in [0, 0.1) is 6.92 Å². The van der Waals surface area contributed by atoms with E-state index in [-0.39, 0.29) is 11.6 Å². The van der Waals surface area contributed by atoms with Crippen LogP contribution in [0.5, 0.6) is 0 Å². The minimum absolute atomic E-state index is 0.0314. The van der Waals surface area contributed by atoms with Gasteiger partial charge in [-0.3, -0.25) is 4.79 Å².